The Morgan fingerprint density at radius 1 is 1.62 bits per heavy atom. The second-order valence-corrected chi connectivity index (χ2v) is 1.77. The van der Waals surface area contributed by atoms with Gasteiger partial charge in [-0.15, -0.1) is 11.6 Å². The van der Waals surface area contributed by atoms with E-state index in [1.165, 1.54) is 0 Å². The van der Waals surface area contributed by atoms with E-state index in [0.717, 1.165) is 5.57 Å². The monoisotopic (exact) mass is 136 g/mol. The van der Waals surface area contributed by atoms with Crippen LogP contribution in [0.3, 0.4) is 0 Å². The van der Waals surface area contributed by atoms with E-state index in [1.807, 2.05) is 6.92 Å². The molecule has 0 heterocycles. The maximum atomic E-state index is 5.24. The highest BCUT2D eigenvalue weighted by molar-refractivity contribution is 6.19. The lowest BCUT2D eigenvalue weighted by Crippen LogP contribution is -1.65. The van der Waals surface area contributed by atoms with Crippen molar-refractivity contribution in [1.29, 1.82) is 0 Å². The Bertz CT molecular complexity index is 52.5. The molecule has 0 atom stereocenters. The molecule has 0 aromatic rings. The number of rotatable bonds is 1. The topological polar surface area (TPSA) is 9.23 Å². The Labute approximate surface area is 56.3 Å². The maximum absolute atomic E-state index is 5.24. The fourth-order valence-corrected chi connectivity index (χ4v) is 0. The second-order valence-electron chi connectivity index (χ2n) is 1.50. The quantitative estimate of drug-likeness (QED) is 0.396. The van der Waals surface area contributed by atoms with Crippen molar-refractivity contribution in [2.45, 2.75) is 6.92 Å². The summed E-state index contributed by atoms with van der Waals surface area (Å²) >= 11 is 5.24. The third kappa shape index (κ3) is 37.7. The Balaban J connectivity index is 0. The first-order valence-corrected chi connectivity index (χ1v) is 2.83. The van der Waals surface area contributed by atoms with Gasteiger partial charge >= 0.3 is 0 Å². The lowest BCUT2D eigenvalue weighted by Gasteiger charge is -1.77. The van der Waals surface area contributed by atoms with Crippen LogP contribution in [0, 0.1) is 0 Å². The molecule has 0 unspecified atom stereocenters. The Morgan fingerprint density at radius 3 is 1.75 bits per heavy atom. The molecule has 0 saturated heterocycles. The average Bonchev–Trinajstić information content (AvgIpc) is 1.69. The first kappa shape index (κ1) is 10.9. The largest absolute Gasteiger partial charge is 0.388 e. The van der Waals surface area contributed by atoms with E-state index in [9.17, 15) is 0 Å². The lowest BCUT2D eigenvalue weighted by atomic mass is 10.4. The zero-order valence-corrected chi connectivity index (χ0v) is 6.46. The van der Waals surface area contributed by atoms with E-state index >= 15 is 0 Å². The summed E-state index contributed by atoms with van der Waals surface area (Å²) in [6.07, 6.45) is 0. The minimum atomic E-state index is 0.583. The van der Waals surface area contributed by atoms with Gasteiger partial charge in [0.1, 0.15) is 0 Å². The standard InChI is InChI=1S/C4H7Cl.C2H6O/c1-4(2)3-5;1-3-2/h1,3H2,2H3;1-2H3. The molecule has 50 valence electrons. The van der Waals surface area contributed by atoms with Crippen LogP contribution in [0.1, 0.15) is 6.92 Å². The van der Waals surface area contributed by atoms with E-state index in [2.05, 4.69) is 11.3 Å². The molecular weight excluding hydrogens is 124 g/mol. The average molecular weight is 137 g/mol. The first-order valence-electron chi connectivity index (χ1n) is 2.29. The Hall–Kier alpha value is -0.0100. The molecule has 0 aliphatic rings. The van der Waals surface area contributed by atoms with Gasteiger partial charge in [0, 0.05) is 20.1 Å². The molecule has 0 bridgehead atoms. The smallest absolute Gasteiger partial charge is 0.0428 e. The number of hydrogen-bond donors (Lipinski definition) is 0. The van der Waals surface area contributed by atoms with Gasteiger partial charge in [-0.2, -0.15) is 0 Å². The summed E-state index contributed by atoms with van der Waals surface area (Å²) in [6.45, 7) is 5.44. The van der Waals surface area contributed by atoms with Gasteiger partial charge in [-0.3, -0.25) is 0 Å². The van der Waals surface area contributed by atoms with Crippen LogP contribution < -0.4 is 0 Å². The van der Waals surface area contributed by atoms with Gasteiger partial charge in [0.25, 0.3) is 0 Å². The summed E-state index contributed by atoms with van der Waals surface area (Å²) in [5.41, 5.74) is 1.02. The normalized spacial score (nSPS) is 7.00. The van der Waals surface area contributed by atoms with Gasteiger partial charge in [0.15, 0.2) is 0 Å². The van der Waals surface area contributed by atoms with Gasteiger partial charge in [0.2, 0.25) is 0 Å². The van der Waals surface area contributed by atoms with Crippen LogP contribution in [0.2, 0.25) is 0 Å². The fraction of sp³-hybridized carbons (Fsp3) is 0.667. The molecule has 0 aromatic heterocycles. The predicted octanol–water partition coefficient (Wildman–Crippen LogP) is 2.06. The van der Waals surface area contributed by atoms with Crippen LogP contribution in [0.15, 0.2) is 12.2 Å². The number of halogens is 1. The van der Waals surface area contributed by atoms with E-state index in [0.29, 0.717) is 5.88 Å². The zero-order valence-electron chi connectivity index (χ0n) is 5.70. The predicted molar refractivity (Wildman–Crippen MR) is 38.5 cm³/mol. The molecule has 0 amide bonds. The summed E-state index contributed by atoms with van der Waals surface area (Å²) in [5, 5.41) is 0. The van der Waals surface area contributed by atoms with Crippen LogP contribution in [0.5, 0.6) is 0 Å². The molecule has 0 saturated carbocycles. The Kier molecular flexibility index (Phi) is 13.7. The minimum Gasteiger partial charge on any atom is -0.388 e. The van der Waals surface area contributed by atoms with E-state index < -0.39 is 0 Å². The molecule has 0 aromatic carbocycles. The van der Waals surface area contributed by atoms with E-state index in [4.69, 9.17) is 11.6 Å². The van der Waals surface area contributed by atoms with Crippen LogP contribution >= 0.6 is 11.6 Å². The molecule has 8 heavy (non-hydrogen) atoms. The molecular formula is C6H13ClO. The van der Waals surface area contributed by atoms with E-state index in [1.54, 1.807) is 14.2 Å². The molecule has 0 spiro atoms. The third-order valence-electron chi connectivity index (χ3n) is 0.228. The highest BCUT2D eigenvalue weighted by Crippen LogP contribution is 1.86. The van der Waals surface area contributed by atoms with Gasteiger partial charge in [-0.05, 0) is 6.92 Å². The van der Waals surface area contributed by atoms with Gasteiger partial charge in [0.05, 0.1) is 0 Å². The molecule has 0 radical (unpaired) electrons. The van der Waals surface area contributed by atoms with Crippen LogP contribution in [-0.2, 0) is 4.74 Å². The molecule has 0 fully saturated rings. The first-order chi connectivity index (χ1) is 3.68. The van der Waals surface area contributed by atoms with Crippen molar-refractivity contribution in [1.82, 2.24) is 0 Å². The van der Waals surface area contributed by atoms with Gasteiger partial charge in [-0.25, -0.2) is 0 Å². The summed E-state index contributed by atoms with van der Waals surface area (Å²) in [7, 11) is 3.25. The zero-order chi connectivity index (χ0) is 6.99. The van der Waals surface area contributed by atoms with Crippen molar-refractivity contribution in [3.63, 3.8) is 0 Å². The summed E-state index contributed by atoms with van der Waals surface area (Å²) in [5.74, 6) is 0.583. The van der Waals surface area contributed by atoms with Crippen LogP contribution in [-0.4, -0.2) is 20.1 Å². The lowest BCUT2D eigenvalue weighted by molar-refractivity contribution is 0.277. The summed E-state index contributed by atoms with van der Waals surface area (Å²) < 4.78 is 4.25. The van der Waals surface area contributed by atoms with Crippen LogP contribution in [0.4, 0.5) is 0 Å². The van der Waals surface area contributed by atoms with Crippen LogP contribution in [0.25, 0.3) is 0 Å². The minimum absolute atomic E-state index is 0.583. The third-order valence-corrected chi connectivity index (χ3v) is 0.684. The molecule has 1 nitrogen and oxygen atoms in total. The van der Waals surface area contributed by atoms with Crippen molar-refractivity contribution in [2.24, 2.45) is 0 Å². The van der Waals surface area contributed by atoms with Crippen molar-refractivity contribution < 1.29 is 4.74 Å². The number of alkyl halides is 1. The highest BCUT2D eigenvalue weighted by Gasteiger charge is 1.70. The fourth-order valence-electron chi connectivity index (χ4n) is 0. The molecule has 0 aliphatic heterocycles. The molecule has 2 heteroatoms. The maximum Gasteiger partial charge on any atom is 0.0428 e. The Morgan fingerprint density at radius 2 is 1.75 bits per heavy atom. The number of allylic oxidation sites excluding steroid dienone is 1. The van der Waals surface area contributed by atoms with Gasteiger partial charge in [-0.1, -0.05) is 12.2 Å². The molecule has 0 N–H and O–H groups in total. The van der Waals surface area contributed by atoms with Crippen molar-refractivity contribution in [3.8, 4) is 0 Å². The highest BCUT2D eigenvalue weighted by atomic mass is 35.5. The van der Waals surface area contributed by atoms with E-state index in [-0.39, 0.29) is 0 Å². The van der Waals surface area contributed by atoms with Crippen molar-refractivity contribution in [2.75, 3.05) is 20.1 Å². The van der Waals surface area contributed by atoms with Crippen molar-refractivity contribution in [3.05, 3.63) is 12.2 Å². The van der Waals surface area contributed by atoms with Gasteiger partial charge < -0.3 is 4.74 Å². The number of methoxy groups -OCH3 is 1. The number of hydrogen-bond acceptors (Lipinski definition) is 1. The van der Waals surface area contributed by atoms with Crippen molar-refractivity contribution >= 4 is 11.6 Å². The SMILES string of the molecule is C=C(C)CCl.COC. The second kappa shape index (κ2) is 10.1. The summed E-state index contributed by atoms with van der Waals surface area (Å²) in [4.78, 5) is 0. The summed E-state index contributed by atoms with van der Waals surface area (Å²) in [6, 6.07) is 0. The number of ether oxygens (including phenoxy) is 1. The molecule has 0 rings (SSSR count). The molecule has 0 aliphatic carbocycles.